The molecule has 0 aromatic heterocycles. The molecule has 0 fully saturated rings. The maximum atomic E-state index is 10.8. The number of esters is 1. The molecule has 0 saturated heterocycles. The van der Waals surface area contributed by atoms with E-state index in [4.69, 9.17) is 40.5 Å². The number of hydrogen-bond acceptors (Lipinski definition) is 3. The fraction of sp³-hybridized carbons (Fsp3) is 0.833. The van der Waals surface area contributed by atoms with Crippen molar-refractivity contribution in [3.8, 4) is 0 Å². The Morgan fingerprint density at radius 2 is 2.08 bits per heavy atom. The Labute approximate surface area is 86.1 Å². The van der Waals surface area contributed by atoms with Crippen molar-refractivity contribution in [1.82, 2.24) is 0 Å². The molecular formula is C6H10Cl3NO2. The van der Waals surface area contributed by atoms with Crippen molar-refractivity contribution in [2.75, 3.05) is 7.11 Å². The Morgan fingerprint density at radius 1 is 1.58 bits per heavy atom. The van der Waals surface area contributed by atoms with Gasteiger partial charge in [-0.1, -0.05) is 34.8 Å². The summed E-state index contributed by atoms with van der Waals surface area (Å²) in [6.07, 6.45) is 0.525. The molecule has 2 N–H and O–H groups in total. The predicted molar refractivity (Wildman–Crippen MR) is 49.5 cm³/mol. The lowest BCUT2D eigenvalue weighted by Gasteiger charge is -2.13. The summed E-state index contributed by atoms with van der Waals surface area (Å²) in [4.78, 5) is 10.8. The van der Waals surface area contributed by atoms with Crippen LogP contribution < -0.4 is 5.73 Å². The van der Waals surface area contributed by atoms with Crippen molar-refractivity contribution in [3.05, 3.63) is 0 Å². The van der Waals surface area contributed by atoms with Gasteiger partial charge in [0.1, 0.15) is 6.04 Å². The second-order valence-corrected chi connectivity index (χ2v) is 4.80. The molecule has 72 valence electrons. The maximum Gasteiger partial charge on any atom is 0.322 e. The molecule has 0 spiro atoms. The van der Waals surface area contributed by atoms with Crippen LogP contribution in [0.3, 0.4) is 0 Å². The summed E-state index contributed by atoms with van der Waals surface area (Å²) >= 11 is 16.3. The van der Waals surface area contributed by atoms with Crippen molar-refractivity contribution in [3.63, 3.8) is 0 Å². The lowest BCUT2D eigenvalue weighted by molar-refractivity contribution is -0.142. The Kier molecular flexibility index (Phi) is 5.25. The smallest absolute Gasteiger partial charge is 0.322 e. The highest BCUT2D eigenvalue weighted by Crippen LogP contribution is 2.31. The van der Waals surface area contributed by atoms with Crippen molar-refractivity contribution in [2.24, 2.45) is 5.73 Å². The van der Waals surface area contributed by atoms with Crippen molar-refractivity contribution >= 4 is 40.8 Å². The van der Waals surface area contributed by atoms with Crippen LogP contribution in [0.25, 0.3) is 0 Å². The summed E-state index contributed by atoms with van der Waals surface area (Å²) in [5, 5.41) is 0. The van der Waals surface area contributed by atoms with Gasteiger partial charge in [-0.2, -0.15) is 0 Å². The van der Waals surface area contributed by atoms with E-state index in [9.17, 15) is 4.79 Å². The van der Waals surface area contributed by atoms with Gasteiger partial charge in [0.25, 0.3) is 0 Å². The SMILES string of the molecule is COC(=O)C(N)CCC(Cl)(Cl)Cl. The fourth-order valence-electron chi connectivity index (χ4n) is 0.588. The van der Waals surface area contributed by atoms with Gasteiger partial charge in [-0.15, -0.1) is 0 Å². The van der Waals surface area contributed by atoms with Crippen molar-refractivity contribution in [2.45, 2.75) is 22.7 Å². The molecule has 0 amide bonds. The van der Waals surface area contributed by atoms with E-state index in [1.165, 1.54) is 7.11 Å². The van der Waals surface area contributed by atoms with Gasteiger partial charge in [-0.05, 0) is 12.8 Å². The molecule has 0 aliphatic rings. The third-order valence-corrected chi connectivity index (χ3v) is 1.81. The van der Waals surface area contributed by atoms with Crippen LogP contribution in [0.15, 0.2) is 0 Å². The van der Waals surface area contributed by atoms with Crippen LogP contribution in [-0.4, -0.2) is 22.9 Å². The monoisotopic (exact) mass is 233 g/mol. The average molecular weight is 235 g/mol. The number of rotatable bonds is 3. The third-order valence-electron chi connectivity index (χ3n) is 1.24. The summed E-state index contributed by atoms with van der Waals surface area (Å²) in [6.45, 7) is 0. The molecule has 0 rings (SSSR count). The van der Waals surface area contributed by atoms with Gasteiger partial charge in [-0.25, -0.2) is 0 Å². The summed E-state index contributed by atoms with van der Waals surface area (Å²) in [5.74, 6) is -0.496. The van der Waals surface area contributed by atoms with Gasteiger partial charge in [-0.3, -0.25) is 4.79 Å². The van der Waals surface area contributed by atoms with Crippen LogP contribution in [0.2, 0.25) is 0 Å². The third kappa shape index (κ3) is 5.89. The first-order valence-corrected chi connectivity index (χ1v) is 4.40. The van der Waals surface area contributed by atoms with Crippen molar-refractivity contribution < 1.29 is 9.53 Å². The summed E-state index contributed by atoms with van der Waals surface area (Å²) in [7, 11) is 1.26. The lowest BCUT2D eigenvalue weighted by atomic mass is 10.2. The number of carbonyl (C=O) groups excluding carboxylic acids is 1. The average Bonchev–Trinajstić information content (AvgIpc) is 1.97. The summed E-state index contributed by atoms with van der Waals surface area (Å²) < 4.78 is 3.03. The van der Waals surface area contributed by atoms with Gasteiger partial charge >= 0.3 is 5.97 Å². The summed E-state index contributed by atoms with van der Waals surface area (Å²) in [5.41, 5.74) is 5.38. The molecule has 0 radical (unpaired) electrons. The van der Waals surface area contributed by atoms with Gasteiger partial charge in [0.15, 0.2) is 3.79 Å². The molecule has 12 heavy (non-hydrogen) atoms. The van der Waals surface area contributed by atoms with E-state index in [0.717, 1.165) is 0 Å². The van der Waals surface area contributed by atoms with Crippen LogP contribution in [0, 0.1) is 0 Å². The van der Waals surface area contributed by atoms with Crippen LogP contribution in [0.5, 0.6) is 0 Å². The Balaban J connectivity index is 3.72. The van der Waals surface area contributed by atoms with Crippen LogP contribution in [-0.2, 0) is 9.53 Å². The number of methoxy groups -OCH3 is 1. The largest absolute Gasteiger partial charge is 0.468 e. The van der Waals surface area contributed by atoms with E-state index in [1.54, 1.807) is 0 Å². The molecule has 6 heteroatoms. The number of ether oxygens (including phenoxy) is 1. The van der Waals surface area contributed by atoms with Crippen molar-refractivity contribution in [1.29, 1.82) is 0 Å². The zero-order chi connectivity index (χ0) is 9.78. The number of carbonyl (C=O) groups is 1. The minimum atomic E-state index is -1.36. The first kappa shape index (κ1) is 12.3. The van der Waals surface area contributed by atoms with E-state index in [1.807, 2.05) is 0 Å². The number of halogens is 3. The fourth-order valence-corrected chi connectivity index (χ4v) is 0.916. The first-order valence-electron chi connectivity index (χ1n) is 3.27. The second-order valence-electron chi connectivity index (χ2n) is 2.28. The molecule has 0 aliphatic heterocycles. The number of hydrogen-bond donors (Lipinski definition) is 1. The predicted octanol–water partition coefficient (Wildman–Crippen LogP) is 1.64. The highest BCUT2D eigenvalue weighted by atomic mass is 35.6. The van der Waals surface area contributed by atoms with E-state index in [-0.39, 0.29) is 6.42 Å². The lowest BCUT2D eigenvalue weighted by Crippen LogP contribution is -2.32. The van der Waals surface area contributed by atoms with Crippen LogP contribution >= 0.6 is 34.8 Å². The van der Waals surface area contributed by atoms with Gasteiger partial charge in [0.2, 0.25) is 0 Å². The van der Waals surface area contributed by atoms with Gasteiger partial charge in [0, 0.05) is 0 Å². The highest BCUT2D eigenvalue weighted by Gasteiger charge is 2.23. The van der Waals surface area contributed by atoms with Gasteiger partial charge in [0.05, 0.1) is 7.11 Å². The normalized spacial score (nSPS) is 14.1. The van der Waals surface area contributed by atoms with Gasteiger partial charge < -0.3 is 10.5 Å². The zero-order valence-electron chi connectivity index (χ0n) is 6.52. The molecule has 3 nitrogen and oxygen atoms in total. The zero-order valence-corrected chi connectivity index (χ0v) is 8.79. The molecule has 0 heterocycles. The number of alkyl halides is 3. The molecule has 0 bridgehead atoms. The van der Waals surface area contributed by atoms with Crippen LogP contribution in [0.1, 0.15) is 12.8 Å². The van der Waals surface area contributed by atoms with E-state index in [0.29, 0.717) is 6.42 Å². The minimum Gasteiger partial charge on any atom is -0.468 e. The number of nitrogens with two attached hydrogens (primary N) is 1. The highest BCUT2D eigenvalue weighted by molar-refractivity contribution is 6.67. The quantitative estimate of drug-likeness (QED) is 0.597. The summed E-state index contributed by atoms with van der Waals surface area (Å²) in [6, 6.07) is -0.717. The molecule has 1 atom stereocenters. The maximum absolute atomic E-state index is 10.8. The standard InChI is InChI=1S/C6H10Cl3NO2/c1-12-5(11)4(10)2-3-6(7,8)9/h4H,2-3,10H2,1H3. The van der Waals surface area contributed by atoms with Crippen LogP contribution in [0.4, 0.5) is 0 Å². The molecule has 1 unspecified atom stereocenters. The van der Waals surface area contributed by atoms with E-state index in [2.05, 4.69) is 4.74 Å². The Bertz CT molecular complexity index is 157. The Morgan fingerprint density at radius 3 is 2.42 bits per heavy atom. The molecule has 0 aromatic carbocycles. The second kappa shape index (κ2) is 5.12. The van der Waals surface area contributed by atoms with E-state index < -0.39 is 15.8 Å². The first-order chi connectivity index (χ1) is 5.37. The minimum absolute atomic E-state index is 0.230. The van der Waals surface area contributed by atoms with E-state index >= 15 is 0 Å². The Hall–Kier alpha value is 0.300. The molecular weight excluding hydrogens is 224 g/mol. The topological polar surface area (TPSA) is 52.3 Å². The molecule has 0 aromatic rings. The molecule has 0 saturated carbocycles. The molecule has 0 aliphatic carbocycles.